The first-order valence-electron chi connectivity index (χ1n) is 7.70. The molecule has 0 spiro atoms. The van der Waals surface area contributed by atoms with Crippen molar-refractivity contribution in [2.45, 2.75) is 32.9 Å². The van der Waals surface area contributed by atoms with E-state index in [-0.39, 0.29) is 0 Å². The quantitative estimate of drug-likeness (QED) is 0.856. The minimum absolute atomic E-state index is 0.791. The number of benzene rings is 1. The molecule has 21 heavy (non-hydrogen) atoms. The molecule has 0 saturated heterocycles. The lowest BCUT2D eigenvalue weighted by Gasteiger charge is -2.29. The van der Waals surface area contributed by atoms with Crippen molar-refractivity contribution in [1.82, 2.24) is 15.3 Å². The first kappa shape index (κ1) is 14.0. The van der Waals surface area contributed by atoms with Gasteiger partial charge >= 0.3 is 0 Å². The molecule has 110 valence electrons. The maximum Gasteiger partial charge on any atom is 0.147 e. The molecule has 0 saturated carbocycles. The molecule has 0 radical (unpaired) electrons. The van der Waals surface area contributed by atoms with E-state index in [0.29, 0.717) is 0 Å². The summed E-state index contributed by atoms with van der Waals surface area (Å²) in [6.07, 6.45) is 5.94. The van der Waals surface area contributed by atoms with Crippen molar-refractivity contribution < 1.29 is 0 Å². The zero-order chi connectivity index (χ0) is 14.5. The summed E-state index contributed by atoms with van der Waals surface area (Å²) in [5, 5.41) is 3.38. The molecule has 1 aliphatic heterocycles. The van der Waals surface area contributed by atoms with Gasteiger partial charge in [-0.05, 0) is 30.5 Å². The molecule has 1 aromatic heterocycles. The molecule has 1 aliphatic rings. The van der Waals surface area contributed by atoms with E-state index in [1.165, 1.54) is 11.1 Å². The first-order chi connectivity index (χ1) is 10.4. The Bertz CT molecular complexity index is 597. The van der Waals surface area contributed by atoms with Gasteiger partial charge in [-0.2, -0.15) is 0 Å². The number of rotatable bonds is 5. The monoisotopic (exact) mass is 282 g/mol. The van der Waals surface area contributed by atoms with Crippen molar-refractivity contribution in [3.05, 3.63) is 53.5 Å². The Kier molecular flexibility index (Phi) is 4.46. The van der Waals surface area contributed by atoms with Gasteiger partial charge in [-0.1, -0.05) is 31.2 Å². The highest BCUT2D eigenvalue weighted by atomic mass is 15.2. The highest BCUT2D eigenvalue weighted by Gasteiger charge is 2.17. The normalized spacial score (nSPS) is 14.0. The third kappa shape index (κ3) is 3.39. The van der Waals surface area contributed by atoms with Gasteiger partial charge in [-0.25, -0.2) is 4.98 Å². The Morgan fingerprint density at radius 2 is 2.05 bits per heavy atom. The smallest absolute Gasteiger partial charge is 0.147 e. The number of hydrogen-bond acceptors (Lipinski definition) is 4. The van der Waals surface area contributed by atoms with Gasteiger partial charge < -0.3 is 10.2 Å². The van der Waals surface area contributed by atoms with E-state index in [9.17, 15) is 0 Å². The molecule has 3 rings (SSSR count). The van der Waals surface area contributed by atoms with Crippen LogP contribution in [-0.4, -0.2) is 23.1 Å². The second kappa shape index (κ2) is 6.68. The van der Waals surface area contributed by atoms with Crippen molar-refractivity contribution in [3.8, 4) is 0 Å². The van der Waals surface area contributed by atoms with Crippen LogP contribution in [0.25, 0.3) is 0 Å². The topological polar surface area (TPSA) is 41.1 Å². The van der Waals surface area contributed by atoms with E-state index >= 15 is 0 Å². The van der Waals surface area contributed by atoms with E-state index < -0.39 is 0 Å². The van der Waals surface area contributed by atoms with Gasteiger partial charge in [-0.3, -0.25) is 4.98 Å². The highest BCUT2D eigenvalue weighted by molar-refractivity contribution is 5.43. The third-order valence-electron chi connectivity index (χ3n) is 3.86. The van der Waals surface area contributed by atoms with Crippen molar-refractivity contribution >= 4 is 5.82 Å². The summed E-state index contributed by atoms with van der Waals surface area (Å²) in [5.74, 6) is 0.986. The van der Waals surface area contributed by atoms with Gasteiger partial charge in [0.15, 0.2) is 0 Å². The fourth-order valence-corrected chi connectivity index (χ4v) is 2.72. The van der Waals surface area contributed by atoms with E-state index in [1.54, 1.807) is 0 Å². The highest BCUT2D eigenvalue weighted by Crippen LogP contribution is 2.22. The van der Waals surface area contributed by atoms with E-state index in [2.05, 4.69) is 46.4 Å². The summed E-state index contributed by atoms with van der Waals surface area (Å²) in [5.41, 5.74) is 3.88. The van der Waals surface area contributed by atoms with Gasteiger partial charge in [0, 0.05) is 25.8 Å². The molecule has 4 heteroatoms. The van der Waals surface area contributed by atoms with Gasteiger partial charge in [0.05, 0.1) is 11.9 Å². The fourth-order valence-electron chi connectivity index (χ4n) is 2.72. The Hall–Kier alpha value is -1.94. The molecule has 2 aromatic rings. The van der Waals surface area contributed by atoms with Crippen LogP contribution in [0.15, 0.2) is 36.7 Å². The molecule has 0 bridgehead atoms. The Balaban J connectivity index is 1.71. The van der Waals surface area contributed by atoms with Crippen molar-refractivity contribution in [2.24, 2.45) is 0 Å². The maximum absolute atomic E-state index is 4.74. The minimum atomic E-state index is 0.791. The molecule has 0 amide bonds. The van der Waals surface area contributed by atoms with Crippen LogP contribution in [0.3, 0.4) is 0 Å². The Morgan fingerprint density at radius 1 is 1.19 bits per heavy atom. The summed E-state index contributed by atoms with van der Waals surface area (Å²) in [6.45, 7) is 5.91. The van der Waals surface area contributed by atoms with Crippen LogP contribution in [0.4, 0.5) is 5.82 Å². The summed E-state index contributed by atoms with van der Waals surface area (Å²) in [4.78, 5) is 11.4. The van der Waals surface area contributed by atoms with E-state index in [0.717, 1.165) is 50.5 Å². The molecule has 0 fully saturated rings. The second-order valence-electron chi connectivity index (χ2n) is 5.49. The molecule has 0 unspecified atom stereocenters. The average molecular weight is 282 g/mol. The Morgan fingerprint density at radius 3 is 2.90 bits per heavy atom. The number of nitrogens with one attached hydrogen (secondary N) is 1. The molecule has 2 heterocycles. The summed E-state index contributed by atoms with van der Waals surface area (Å²) < 4.78 is 0. The third-order valence-corrected chi connectivity index (χ3v) is 3.86. The molecule has 4 nitrogen and oxygen atoms in total. The number of hydrogen-bond donors (Lipinski definition) is 1. The lowest BCUT2D eigenvalue weighted by molar-refractivity contribution is 0.656. The maximum atomic E-state index is 4.74. The summed E-state index contributed by atoms with van der Waals surface area (Å²) >= 11 is 0. The molecule has 1 N–H and O–H groups in total. The van der Waals surface area contributed by atoms with Crippen LogP contribution in [-0.2, 0) is 19.5 Å². The van der Waals surface area contributed by atoms with Crippen LogP contribution in [0.1, 0.15) is 30.2 Å². The van der Waals surface area contributed by atoms with Crippen molar-refractivity contribution in [3.63, 3.8) is 0 Å². The lowest BCUT2D eigenvalue weighted by Crippen LogP contribution is -2.31. The van der Waals surface area contributed by atoms with Crippen LogP contribution >= 0.6 is 0 Å². The number of aromatic nitrogens is 2. The standard InChI is InChI=1S/C17H22N4/c1-2-8-18-10-16-11-19-12-17(20-16)21-9-7-14-5-3-4-6-15(14)13-21/h3-6,11-12,18H,2,7-10,13H2,1H3. The molecule has 1 aromatic carbocycles. The summed E-state index contributed by atoms with van der Waals surface area (Å²) in [6, 6.07) is 8.67. The summed E-state index contributed by atoms with van der Waals surface area (Å²) in [7, 11) is 0. The number of fused-ring (bicyclic) bond motifs is 1. The molecular weight excluding hydrogens is 260 g/mol. The predicted octanol–water partition coefficient (Wildman–Crippen LogP) is 2.54. The molecule has 0 aliphatic carbocycles. The zero-order valence-corrected chi connectivity index (χ0v) is 12.5. The van der Waals surface area contributed by atoms with Crippen LogP contribution < -0.4 is 10.2 Å². The minimum Gasteiger partial charge on any atom is -0.351 e. The lowest BCUT2D eigenvalue weighted by atomic mass is 10.0. The molecular formula is C17H22N4. The zero-order valence-electron chi connectivity index (χ0n) is 12.5. The van der Waals surface area contributed by atoms with E-state index in [4.69, 9.17) is 4.98 Å². The van der Waals surface area contributed by atoms with Gasteiger partial charge in [0.2, 0.25) is 0 Å². The number of anilines is 1. The van der Waals surface area contributed by atoms with E-state index in [1.807, 2.05) is 12.4 Å². The van der Waals surface area contributed by atoms with Gasteiger partial charge in [0.1, 0.15) is 5.82 Å². The first-order valence-corrected chi connectivity index (χ1v) is 7.70. The SMILES string of the molecule is CCCNCc1cncc(N2CCc3ccccc3C2)n1. The average Bonchev–Trinajstić information content (AvgIpc) is 2.55. The van der Waals surface area contributed by atoms with Crippen LogP contribution in [0.2, 0.25) is 0 Å². The van der Waals surface area contributed by atoms with Crippen LogP contribution in [0.5, 0.6) is 0 Å². The van der Waals surface area contributed by atoms with Gasteiger partial charge in [0.25, 0.3) is 0 Å². The van der Waals surface area contributed by atoms with Gasteiger partial charge in [-0.15, -0.1) is 0 Å². The largest absolute Gasteiger partial charge is 0.351 e. The molecule has 0 atom stereocenters. The second-order valence-corrected chi connectivity index (χ2v) is 5.49. The number of nitrogens with zero attached hydrogens (tertiary/aromatic N) is 3. The van der Waals surface area contributed by atoms with Crippen LogP contribution in [0, 0.1) is 0 Å². The van der Waals surface area contributed by atoms with Crippen molar-refractivity contribution in [1.29, 1.82) is 0 Å². The fraction of sp³-hybridized carbons (Fsp3) is 0.412. The van der Waals surface area contributed by atoms with Crippen molar-refractivity contribution in [2.75, 3.05) is 18.0 Å². The predicted molar refractivity (Wildman–Crippen MR) is 85.2 cm³/mol. The Labute approximate surface area is 126 Å².